The topological polar surface area (TPSA) is 15.3 Å². The third-order valence-electron chi connectivity index (χ3n) is 2.42. The zero-order valence-corrected chi connectivity index (χ0v) is 9.88. The number of hydrogen-bond acceptors (Lipinski definition) is 2. The Morgan fingerprint density at radius 1 is 1.31 bits per heavy atom. The molecule has 1 aromatic rings. The van der Waals surface area contributed by atoms with Crippen molar-refractivity contribution in [3.63, 3.8) is 0 Å². The maximum absolute atomic E-state index is 3.56. The molecule has 0 spiro atoms. The van der Waals surface area contributed by atoms with Gasteiger partial charge in [-0.15, -0.1) is 0 Å². The first-order valence-corrected chi connectivity index (χ1v) is 6.07. The van der Waals surface area contributed by atoms with E-state index in [2.05, 4.69) is 55.5 Å². The molecule has 1 aliphatic rings. The Morgan fingerprint density at radius 3 is 2.62 bits per heavy atom. The summed E-state index contributed by atoms with van der Waals surface area (Å²) in [6.07, 6.45) is 0. The van der Waals surface area contributed by atoms with Crippen LogP contribution in [0.3, 0.4) is 0 Å². The summed E-state index contributed by atoms with van der Waals surface area (Å²) >= 11 is 0.493. The van der Waals surface area contributed by atoms with Crippen molar-refractivity contribution in [2.75, 3.05) is 19.4 Å². The molecule has 0 radical (unpaired) electrons. The Bertz CT molecular complexity index is 297. The average Bonchev–Trinajstić information content (AvgIpc) is 2.42. The Labute approximate surface area is 85.5 Å². The van der Waals surface area contributed by atoms with Crippen LogP contribution in [0.5, 0.6) is 0 Å². The maximum atomic E-state index is 3.56. The number of fused-ring (bicyclic) bond motifs is 1. The summed E-state index contributed by atoms with van der Waals surface area (Å²) in [7, 11) is 4.25. The van der Waals surface area contributed by atoms with Crippen molar-refractivity contribution in [3.05, 3.63) is 24.3 Å². The summed E-state index contributed by atoms with van der Waals surface area (Å²) in [5.41, 5.74) is 1.30. The molecule has 1 aliphatic heterocycles. The second kappa shape index (κ2) is 3.02. The van der Waals surface area contributed by atoms with E-state index in [1.807, 2.05) is 0 Å². The van der Waals surface area contributed by atoms with E-state index in [9.17, 15) is 0 Å². The fourth-order valence-corrected chi connectivity index (χ4v) is 3.76. The van der Waals surface area contributed by atoms with Crippen LogP contribution in [0, 0.1) is 0 Å². The van der Waals surface area contributed by atoms with Gasteiger partial charge in [0.15, 0.2) is 0 Å². The van der Waals surface area contributed by atoms with Gasteiger partial charge >= 0.3 is 85.2 Å². The zero-order chi connectivity index (χ0) is 9.47. The zero-order valence-electron chi connectivity index (χ0n) is 8.16. The van der Waals surface area contributed by atoms with Crippen LogP contribution >= 0.6 is 0 Å². The predicted octanol–water partition coefficient (Wildman–Crippen LogP) is 0.677. The van der Waals surface area contributed by atoms with Gasteiger partial charge in [-0.1, -0.05) is 0 Å². The Hall–Kier alpha value is -0.501. The standard InChI is InChI=1S/C10H14N2Se/c1-10(12(2)3)11-8-6-4-5-7-9(8)13-10/h4-7,11H,1-3H3. The molecule has 70 valence electrons. The molecule has 0 bridgehead atoms. The normalized spacial score (nSPS) is 25.8. The number of para-hydroxylation sites is 1. The van der Waals surface area contributed by atoms with E-state index in [-0.39, 0.29) is 4.56 Å². The molecule has 0 saturated heterocycles. The molecule has 0 fully saturated rings. The van der Waals surface area contributed by atoms with Crippen LogP contribution < -0.4 is 9.78 Å². The minimum atomic E-state index is 0.149. The minimum absolute atomic E-state index is 0.149. The van der Waals surface area contributed by atoms with E-state index in [0.717, 1.165) is 0 Å². The van der Waals surface area contributed by atoms with Crippen LogP contribution in [-0.2, 0) is 0 Å². The van der Waals surface area contributed by atoms with Gasteiger partial charge in [0.2, 0.25) is 0 Å². The van der Waals surface area contributed by atoms with Crippen molar-refractivity contribution < 1.29 is 0 Å². The summed E-state index contributed by atoms with van der Waals surface area (Å²) in [5.74, 6) is 0. The number of rotatable bonds is 1. The van der Waals surface area contributed by atoms with Crippen LogP contribution in [0.1, 0.15) is 6.92 Å². The quantitative estimate of drug-likeness (QED) is 0.727. The van der Waals surface area contributed by atoms with Crippen molar-refractivity contribution in [2.45, 2.75) is 11.5 Å². The number of hydrogen-bond donors (Lipinski definition) is 1. The van der Waals surface area contributed by atoms with Crippen LogP contribution in [0.4, 0.5) is 5.69 Å². The third-order valence-corrected chi connectivity index (χ3v) is 5.44. The van der Waals surface area contributed by atoms with Gasteiger partial charge in [-0.05, 0) is 0 Å². The number of benzene rings is 1. The molecule has 1 heterocycles. The van der Waals surface area contributed by atoms with E-state index in [1.54, 1.807) is 0 Å². The average molecular weight is 241 g/mol. The molecule has 3 heteroatoms. The first-order valence-electron chi connectivity index (χ1n) is 4.35. The molecular formula is C10H14N2Se. The van der Waals surface area contributed by atoms with Crippen LogP contribution in [0.15, 0.2) is 24.3 Å². The van der Waals surface area contributed by atoms with Gasteiger partial charge in [-0.2, -0.15) is 0 Å². The van der Waals surface area contributed by atoms with Gasteiger partial charge < -0.3 is 0 Å². The molecule has 0 saturated carbocycles. The summed E-state index contributed by atoms with van der Waals surface area (Å²) in [4.78, 5) is 2.26. The summed E-state index contributed by atoms with van der Waals surface area (Å²) in [6, 6.07) is 8.58. The van der Waals surface area contributed by atoms with E-state index < -0.39 is 0 Å². The summed E-state index contributed by atoms with van der Waals surface area (Å²) in [6.45, 7) is 2.26. The summed E-state index contributed by atoms with van der Waals surface area (Å²) in [5, 5.41) is 3.56. The number of nitrogens with zero attached hydrogens (tertiary/aromatic N) is 1. The van der Waals surface area contributed by atoms with Crippen molar-refractivity contribution in [1.29, 1.82) is 0 Å². The molecule has 0 aliphatic carbocycles. The van der Waals surface area contributed by atoms with Crippen LogP contribution in [0.25, 0.3) is 0 Å². The monoisotopic (exact) mass is 242 g/mol. The molecule has 1 aromatic carbocycles. The van der Waals surface area contributed by atoms with E-state index in [4.69, 9.17) is 0 Å². The van der Waals surface area contributed by atoms with Gasteiger partial charge in [-0.25, -0.2) is 0 Å². The van der Waals surface area contributed by atoms with E-state index in [0.29, 0.717) is 15.0 Å². The molecule has 1 atom stereocenters. The van der Waals surface area contributed by atoms with Gasteiger partial charge in [0.25, 0.3) is 0 Å². The van der Waals surface area contributed by atoms with Crippen LogP contribution in [0.2, 0.25) is 0 Å². The summed E-state index contributed by atoms with van der Waals surface area (Å²) < 4.78 is 1.63. The van der Waals surface area contributed by atoms with Gasteiger partial charge in [0, 0.05) is 0 Å². The molecule has 0 amide bonds. The third kappa shape index (κ3) is 1.48. The molecular weight excluding hydrogens is 227 g/mol. The Kier molecular flexibility index (Phi) is 2.10. The van der Waals surface area contributed by atoms with Crippen molar-refractivity contribution in [3.8, 4) is 0 Å². The predicted molar refractivity (Wildman–Crippen MR) is 57.5 cm³/mol. The van der Waals surface area contributed by atoms with E-state index >= 15 is 0 Å². The SMILES string of the molecule is CN(C)C1(C)Nc2ccccc2[Se]1. The van der Waals surface area contributed by atoms with Gasteiger partial charge in [0.05, 0.1) is 0 Å². The second-order valence-electron chi connectivity index (χ2n) is 3.60. The fraction of sp³-hybridized carbons (Fsp3) is 0.400. The first kappa shape index (κ1) is 9.07. The van der Waals surface area contributed by atoms with Gasteiger partial charge in [-0.3, -0.25) is 0 Å². The number of anilines is 1. The van der Waals surface area contributed by atoms with E-state index in [1.165, 1.54) is 10.1 Å². The molecule has 2 rings (SSSR count). The molecule has 13 heavy (non-hydrogen) atoms. The Balaban J connectivity index is 2.32. The molecule has 0 aromatic heterocycles. The number of nitrogens with one attached hydrogen (secondary N) is 1. The Morgan fingerprint density at radius 2 is 2.00 bits per heavy atom. The molecule has 1 unspecified atom stereocenters. The molecule has 2 nitrogen and oxygen atoms in total. The van der Waals surface area contributed by atoms with Crippen molar-refractivity contribution in [1.82, 2.24) is 4.90 Å². The fourth-order valence-electron chi connectivity index (χ4n) is 1.35. The van der Waals surface area contributed by atoms with Crippen LogP contribution in [-0.4, -0.2) is 38.5 Å². The second-order valence-corrected chi connectivity index (χ2v) is 6.62. The van der Waals surface area contributed by atoms with Crippen molar-refractivity contribution in [2.24, 2.45) is 0 Å². The first-order chi connectivity index (χ1) is 6.12. The molecule has 1 N–H and O–H groups in total. The van der Waals surface area contributed by atoms with Gasteiger partial charge in [0.1, 0.15) is 0 Å². The van der Waals surface area contributed by atoms with Crippen molar-refractivity contribution >= 4 is 25.1 Å².